The topological polar surface area (TPSA) is 112 Å². The summed E-state index contributed by atoms with van der Waals surface area (Å²) in [5.74, 6) is -1.41. The van der Waals surface area contributed by atoms with E-state index in [4.69, 9.17) is 14.2 Å². The summed E-state index contributed by atoms with van der Waals surface area (Å²) in [7, 11) is 0. The third-order valence-electron chi connectivity index (χ3n) is 9.55. The molecule has 0 radical (unpaired) electrons. The first kappa shape index (κ1) is 30.8. The SMILES string of the molecule is CCOc1ccc(N2CC=C[C@H]3O[C@]45C=CCN(CCN6CCOCC6)C(=O)C4N(CCCCCO)C(=O)[C@@H]5[C@H]3C2=O)cc1. The Bertz CT molecular complexity index is 1260. The van der Waals surface area contributed by atoms with E-state index < -0.39 is 29.6 Å². The van der Waals surface area contributed by atoms with Gasteiger partial charge in [0.2, 0.25) is 17.7 Å². The van der Waals surface area contributed by atoms with Crippen LogP contribution in [0.25, 0.3) is 0 Å². The van der Waals surface area contributed by atoms with Gasteiger partial charge in [0.25, 0.3) is 0 Å². The second-order valence-corrected chi connectivity index (χ2v) is 12.1. The van der Waals surface area contributed by atoms with Crippen LogP contribution in [0.15, 0.2) is 48.6 Å². The van der Waals surface area contributed by atoms with Crippen LogP contribution >= 0.6 is 0 Å². The van der Waals surface area contributed by atoms with Gasteiger partial charge in [-0.3, -0.25) is 19.3 Å². The van der Waals surface area contributed by atoms with Crippen molar-refractivity contribution in [3.05, 3.63) is 48.6 Å². The number of aliphatic hydroxyl groups is 1. The fraction of sp³-hybridized carbons (Fsp3) is 0.606. The molecule has 5 atom stereocenters. The summed E-state index contributed by atoms with van der Waals surface area (Å²) in [5.41, 5.74) is -0.523. The molecule has 3 saturated heterocycles. The van der Waals surface area contributed by atoms with Crippen LogP contribution in [-0.4, -0.2) is 128 Å². The third kappa shape index (κ3) is 5.66. The second-order valence-electron chi connectivity index (χ2n) is 12.1. The van der Waals surface area contributed by atoms with Crippen molar-refractivity contribution in [2.45, 2.75) is 43.9 Å². The van der Waals surface area contributed by atoms with Gasteiger partial charge in [0, 0.05) is 58.1 Å². The molecule has 238 valence electrons. The average molecular weight is 609 g/mol. The highest BCUT2D eigenvalue weighted by Crippen LogP contribution is 2.53. The zero-order valence-corrected chi connectivity index (χ0v) is 25.5. The van der Waals surface area contributed by atoms with E-state index in [9.17, 15) is 19.5 Å². The minimum atomic E-state index is -1.24. The third-order valence-corrected chi connectivity index (χ3v) is 9.55. The first-order valence-corrected chi connectivity index (χ1v) is 16.0. The van der Waals surface area contributed by atoms with Crippen molar-refractivity contribution in [1.29, 1.82) is 0 Å². The number of morpholine rings is 1. The lowest BCUT2D eigenvalue weighted by molar-refractivity contribution is -0.147. The lowest BCUT2D eigenvalue weighted by atomic mass is 9.77. The molecule has 5 aliphatic rings. The summed E-state index contributed by atoms with van der Waals surface area (Å²) >= 11 is 0. The van der Waals surface area contributed by atoms with Gasteiger partial charge in [0.05, 0.1) is 37.8 Å². The number of benzene rings is 1. The maximum absolute atomic E-state index is 14.4. The van der Waals surface area contributed by atoms with Crippen LogP contribution in [0.4, 0.5) is 5.69 Å². The molecule has 5 aliphatic heterocycles. The van der Waals surface area contributed by atoms with E-state index in [0.717, 1.165) is 31.8 Å². The van der Waals surface area contributed by atoms with Gasteiger partial charge in [0.1, 0.15) is 17.4 Å². The maximum Gasteiger partial charge on any atom is 0.249 e. The van der Waals surface area contributed by atoms with Crippen molar-refractivity contribution in [2.75, 3.05) is 77.1 Å². The highest BCUT2D eigenvalue weighted by molar-refractivity contribution is 6.03. The number of amides is 3. The van der Waals surface area contributed by atoms with Gasteiger partial charge in [-0.15, -0.1) is 0 Å². The first-order chi connectivity index (χ1) is 21.5. The monoisotopic (exact) mass is 608 g/mol. The van der Waals surface area contributed by atoms with Gasteiger partial charge in [0.15, 0.2) is 0 Å². The number of rotatable bonds is 11. The fourth-order valence-corrected chi connectivity index (χ4v) is 7.40. The molecule has 1 aromatic rings. The highest BCUT2D eigenvalue weighted by Gasteiger charge is 2.71. The number of aliphatic hydroxyl groups excluding tert-OH is 1. The standard InChI is InChI=1S/C33H44N4O7/c1-2-43-25-11-9-24(10-12-25)36-16-6-8-26-27(30(36)39)28-31(40)37(15-4-3-5-21-38)29-32(41)35(14-7-13-33(28,29)44-26)18-17-34-19-22-42-23-20-34/h6-13,26-29,38H,2-5,14-23H2,1H3/t26-,27+,28+,29?,33+/m1/s1. The molecule has 0 bridgehead atoms. The van der Waals surface area contributed by atoms with Gasteiger partial charge in [-0.05, 0) is 50.5 Å². The van der Waals surface area contributed by atoms with Crippen LogP contribution in [0.1, 0.15) is 26.2 Å². The number of hydrogen-bond acceptors (Lipinski definition) is 8. The number of unbranched alkanes of at least 4 members (excludes halogenated alkanes) is 2. The Hall–Kier alpha value is -3.25. The molecular formula is C33H44N4O7. The Morgan fingerprint density at radius 1 is 0.932 bits per heavy atom. The fourth-order valence-electron chi connectivity index (χ4n) is 7.40. The quantitative estimate of drug-likeness (QED) is 0.297. The summed E-state index contributed by atoms with van der Waals surface area (Å²) in [4.78, 5) is 50.7. The highest BCUT2D eigenvalue weighted by atomic mass is 16.5. The smallest absolute Gasteiger partial charge is 0.249 e. The Morgan fingerprint density at radius 2 is 1.73 bits per heavy atom. The van der Waals surface area contributed by atoms with E-state index in [2.05, 4.69) is 4.90 Å². The van der Waals surface area contributed by atoms with Gasteiger partial charge < -0.3 is 34.0 Å². The molecule has 11 heteroatoms. The number of likely N-dealkylation sites (tertiary alicyclic amines) is 1. The normalized spacial score (nSPS) is 30.3. The molecule has 44 heavy (non-hydrogen) atoms. The predicted octanol–water partition coefficient (Wildman–Crippen LogP) is 1.46. The second kappa shape index (κ2) is 13.4. The van der Waals surface area contributed by atoms with Gasteiger partial charge in [-0.25, -0.2) is 0 Å². The predicted molar refractivity (Wildman–Crippen MR) is 163 cm³/mol. The number of fused-ring (bicyclic) bond motifs is 2. The van der Waals surface area contributed by atoms with Crippen molar-refractivity contribution in [3.63, 3.8) is 0 Å². The molecule has 6 rings (SSSR count). The van der Waals surface area contributed by atoms with Crippen LogP contribution in [-0.2, 0) is 23.9 Å². The van der Waals surface area contributed by atoms with E-state index in [0.29, 0.717) is 64.5 Å². The molecule has 1 spiro atoms. The van der Waals surface area contributed by atoms with Gasteiger partial charge in [-0.1, -0.05) is 24.3 Å². The summed E-state index contributed by atoms with van der Waals surface area (Å²) in [6.07, 6.45) is 9.03. The Kier molecular flexibility index (Phi) is 9.37. The number of anilines is 1. The summed E-state index contributed by atoms with van der Waals surface area (Å²) < 4.78 is 17.8. The van der Waals surface area contributed by atoms with Crippen LogP contribution in [0.2, 0.25) is 0 Å². The van der Waals surface area contributed by atoms with Gasteiger partial charge in [-0.2, -0.15) is 0 Å². The minimum Gasteiger partial charge on any atom is -0.494 e. The van der Waals surface area contributed by atoms with Crippen molar-refractivity contribution in [2.24, 2.45) is 11.8 Å². The van der Waals surface area contributed by atoms with E-state index in [1.54, 1.807) is 9.80 Å². The van der Waals surface area contributed by atoms with E-state index in [1.807, 2.05) is 60.4 Å². The molecule has 3 fully saturated rings. The number of nitrogens with zero attached hydrogens (tertiary/aromatic N) is 4. The molecule has 1 unspecified atom stereocenters. The molecule has 0 aromatic heterocycles. The number of carbonyl (C=O) groups is 3. The molecule has 5 heterocycles. The van der Waals surface area contributed by atoms with Crippen molar-refractivity contribution in [3.8, 4) is 5.75 Å². The molecule has 0 aliphatic carbocycles. The number of hydrogen-bond donors (Lipinski definition) is 1. The zero-order valence-electron chi connectivity index (χ0n) is 25.5. The van der Waals surface area contributed by atoms with E-state index >= 15 is 0 Å². The van der Waals surface area contributed by atoms with Crippen molar-refractivity contribution < 1.29 is 33.7 Å². The van der Waals surface area contributed by atoms with Crippen LogP contribution in [0, 0.1) is 11.8 Å². The first-order valence-electron chi connectivity index (χ1n) is 16.0. The van der Waals surface area contributed by atoms with Crippen LogP contribution in [0.3, 0.4) is 0 Å². The zero-order chi connectivity index (χ0) is 30.7. The Labute approximate surface area is 259 Å². The van der Waals surface area contributed by atoms with E-state index in [1.165, 1.54) is 0 Å². The molecule has 11 nitrogen and oxygen atoms in total. The molecule has 3 amide bonds. The van der Waals surface area contributed by atoms with Crippen LogP contribution < -0.4 is 9.64 Å². The number of ether oxygens (including phenoxy) is 3. The van der Waals surface area contributed by atoms with Crippen LogP contribution in [0.5, 0.6) is 5.75 Å². The lowest BCUT2D eigenvalue weighted by Crippen LogP contribution is -2.56. The Morgan fingerprint density at radius 3 is 2.48 bits per heavy atom. The maximum atomic E-state index is 14.4. The minimum absolute atomic E-state index is 0.0794. The number of carbonyl (C=O) groups excluding carboxylic acids is 3. The molecule has 1 N–H and O–H groups in total. The molecule has 0 saturated carbocycles. The Balaban J connectivity index is 1.30. The average Bonchev–Trinajstić information content (AvgIpc) is 3.35. The van der Waals surface area contributed by atoms with Crippen molar-refractivity contribution >= 4 is 23.4 Å². The molecular weight excluding hydrogens is 564 g/mol. The summed E-state index contributed by atoms with van der Waals surface area (Å²) in [6.45, 7) is 7.97. The lowest BCUT2D eigenvalue weighted by Gasteiger charge is -2.36. The van der Waals surface area contributed by atoms with Gasteiger partial charge >= 0.3 is 0 Å². The van der Waals surface area contributed by atoms with Crippen molar-refractivity contribution in [1.82, 2.24) is 14.7 Å². The molecule has 1 aromatic carbocycles. The van der Waals surface area contributed by atoms with E-state index in [-0.39, 0.29) is 24.3 Å². The summed E-state index contributed by atoms with van der Waals surface area (Å²) in [6, 6.07) is 6.54. The largest absolute Gasteiger partial charge is 0.494 e. The summed E-state index contributed by atoms with van der Waals surface area (Å²) in [5, 5.41) is 9.32.